The summed E-state index contributed by atoms with van der Waals surface area (Å²) in [6, 6.07) is 10.9. The predicted octanol–water partition coefficient (Wildman–Crippen LogP) is 1.59. The van der Waals surface area contributed by atoms with Gasteiger partial charge in [-0.15, -0.1) is 0 Å². The minimum atomic E-state index is -3.55. The first-order chi connectivity index (χ1) is 10.0. The molecule has 2 rings (SSSR count). The van der Waals surface area contributed by atoms with E-state index < -0.39 is 10.0 Å². The van der Waals surface area contributed by atoms with Gasteiger partial charge in [0.2, 0.25) is 10.0 Å². The van der Waals surface area contributed by atoms with Crippen LogP contribution in [0.3, 0.4) is 0 Å². The first kappa shape index (κ1) is 15.6. The standard InChI is InChI=1S/C15H19N3O2S/c1-12-6-7-13(10-16-2)9-15(12)21(19,20)18-11-14-5-3-4-8-17-14/h3-9,16,18H,10-11H2,1-2H3. The van der Waals surface area contributed by atoms with E-state index in [1.54, 1.807) is 31.3 Å². The van der Waals surface area contributed by atoms with Crippen molar-refractivity contribution in [3.05, 3.63) is 59.4 Å². The van der Waals surface area contributed by atoms with Crippen molar-refractivity contribution in [1.29, 1.82) is 0 Å². The summed E-state index contributed by atoms with van der Waals surface area (Å²) in [5.74, 6) is 0. The number of pyridine rings is 1. The number of nitrogens with zero attached hydrogens (tertiary/aromatic N) is 1. The third-order valence-electron chi connectivity index (χ3n) is 3.09. The number of sulfonamides is 1. The molecule has 0 fully saturated rings. The predicted molar refractivity (Wildman–Crippen MR) is 82.2 cm³/mol. The molecule has 21 heavy (non-hydrogen) atoms. The molecule has 2 N–H and O–H groups in total. The summed E-state index contributed by atoms with van der Waals surface area (Å²) >= 11 is 0. The van der Waals surface area contributed by atoms with Crippen molar-refractivity contribution in [2.75, 3.05) is 7.05 Å². The van der Waals surface area contributed by atoms with Crippen LogP contribution >= 0.6 is 0 Å². The molecule has 1 aromatic heterocycles. The second kappa shape index (κ2) is 6.80. The molecule has 2 aromatic rings. The Morgan fingerprint density at radius 3 is 2.62 bits per heavy atom. The molecule has 0 bridgehead atoms. The number of aromatic nitrogens is 1. The van der Waals surface area contributed by atoms with Crippen LogP contribution < -0.4 is 10.0 Å². The molecule has 0 aliphatic rings. The Labute approximate surface area is 125 Å². The van der Waals surface area contributed by atoms with E-state index in [4.69, 9.17) is 0 Å². The van der Waals surface area contributed by atoms with E-state index in [1.807, 2.05) is 25.2 Å². The molecule has 0 unspecified atom stereocenters. The van der Waals surface area contributed by atoms with E-state index >= 15 is 0 Å². The van der Waals surface area contributed by atoms with Crippen LogP contribution in [0.25, 0.3) is 0 Å². The molecule has 0 aliphatic heterocycles. The third-order valence-corrected chi connectivity index (χ3v) is 4.64. The zero-order chi connectivity index (χ0) is 15.3. The molecule has 0 aliphatic carbocycles. The Balaban J connectivity index is 2.21. The van der Waals surface area contributed by atoms with E-state index in [0.717, 1.165) is 11.1 Å². The summed E-state index contributed by atoms with van der Waals surface area (Å²) in [6.07, 6.45) is 1.64. The zero-order valence-electron chi connectivity index (χ0n) is 12.1. The fourth-order valence-corrected chi connectivity index (χ4v) is 3.29. The molecule has 0 amide bonds. The molecule has 1 aromatic carbocycles. The minimum Gasteiger partial charge on any atom is -0.316 e. The van der Waals surface area contributed by atoms with Crippen LogP contribution in [0.5, 0.6) is 0 Å². The van der Waals surface area contributed by atoms with Crippen LogP contribution in [0.1, 0.15) is 16.8 Å². The van der Waals surface area contributed by atoms with Crippen molar-refractivity contribution in [1.82, 2.24) is 15.0 Å². The van der Waals surface area contributed by atoms with Gasteiger partial charge in [-0.1, -0.05) is 18.2 Å². The van der Waals surface area contributed by atoms with Gasteiger partial charge >= 0.3 is 0 Å². The molecule has 6 heteroatoms. The van der Waals surface area contributed by atoms with Gasteiger partial charge in [0, 0.05) is 12.7 Å². The number of rotatable bonds is 6. The summed E-state index contributed by atoms with van der Waals surface area (Å²) in [5, 5.41) is 3.01. The van der Waals surface area contributed by atoms with Crippen molar-refractivity contribution >= 4 is 10.0 Å². The van der Waals surface area contributed by atoms with E-state index in [1.165, 1.54) is 0 Å². The van der Waals surface area contributed by atoms with Crippen LogP contribution in [-0.2, 0) is 23.1 Å². The molecule has 0 saturated carbocycles. The van der Waals surface area contributed by atoms with Gasteiger partial charge in [-0.25, -0.2) is 13.1 Å². The monoisotopic (exact) mass is 305 g/mol. The summed E-state index contributed by atoms with van der Waals surface area (Å²) in [4.78, 5) is 4.42. The summed E-state index contributed by atoms with van der Waals surface area (Å²) in [7, 11) is -1.72. The van der Waals surface area contributed by atoms with E-state index in [9.17, 15) is 8.42 Å². The smallest absolute Gasteiger partial charge is 0.241 e. The topological polar surface area (TPSA) is 71.1 Å². The largest absolute Gasteiger partial charge is 0.316 e. The SMILES string of the molecule is CNCc1ccc(C)c(S(=O)(=O)NCc2ccccn2)c1. The molecule has 112 valence electrons. The molecule has 0 radical (unpaired) electrons. The Hall–Kier alpha value is -1.76. The van der Waals surface area contributed by atoms with Gasteiger partial charge in [-0.2, -0.15) is 0 Å². The average Bonchev–Trinajstić information content (AvgIpc) is 2.48. The Kier molecular flexibility index (Phi) is 5.06. The summed E-state index contributed by atoms with van der Waals surface area (Å²) < 4.78 is 27.4. The quantitative estimate of drug-likeness (QED) is 0.850. The van der Waals surface area contributed by atoms with Gasteiger partial charge in [0.1, 0.15) is 0 Å². The van der Waals surface area contributed by atoms with Gasteiger partial charge in [-0.05, 0) is 43.3 Å². The second-order valence-electron chi connectivity index (χ2n) is 4.78. The number of aryl methyl sites for hydroxylation is 1. The van der Waals surface area contributed by atoms with E-state index in [-0.39, 0.29) is 6.54 Å². The lowest BCUT2D eigenvalue weighted by atomic mass is 10.1. The van der Waals surface area contributed by atoms with Crippen LogP contribution in [-0.4, -0.2) is 20.4 Å². The van der Waals surface area contributed by atoms with Crippen LogP contribution in [0, 0.1) is 6.92 Å². The highest BCUT2D eigenvalue weighted by molar-refractivity contribution is 7.89. The zero-order valence-corrected chi connectivity index (χ0v) is 12.9. The van der Waals surface area contributed by atoms with Gasteiger partial charge < -0.3 is 5.32 Å². The van der Waals surface area contributed by atoms with E-state index in [0.29, 0.717) is 17.1 Å². The molecule has 0 atom stereocenters. The fourth-order valence-electron chi connectivity index (χ4n) is 2.00. The van der Waals surface area contributed by atoms with Crippen molar-refractivity contribution in [2.45, 2.75) is 24.9 Å². The van der Waals surface area contributed by atoms with Gasteiger partial charge in [0.25, 0.3) is 0 Å². The third kappa shape index (κ3) is 4.10. The average molecular weight is 305 g/mol. The summed E-state index contributed by atoms with van der Waals surface area (Å²) in [6.45, 7) is 2.60. The molecule has 0 saturated heterocycles. The van der Waals surface area contributed by atoms with Crippen molar-refractivity contribution in [3.8, 4) is 0 Å². The van der Waals surface area contributed by atoms with Gasteiger partial charge in [-0.3, -0.25) is 4.98 Å². The molecular formula is C15H19N3O2S. The fraction of sp³-hybridized carbons (Fsp3) is 0.267. The van der Waals surface area contributed by atoms with E-state index in [2.05, 4.69) is 15.0 Å². The highest BCUT2D eigenvalue weighted by atomic mass is 32.2. The van der Waals surface area contributed by atoms with Crippen LogP contribution in [0.2, 0.25) is 0 Å². The van der Waals surface area contributed by atoms with Crippen molar-refractivity contribution in [3.63, 3.8) is 0 Å². The first-order valence-corrected chi connectivity index (χ1v) is 8.15. The lowest BCUT2D eigenvalue weighted by Gasteiger charge is -2.11. The molecular weight excluding hydrogens is 286 g/mol. The Morgan fingerprint density at radius 2 is 1.95 bits per heavy atom. The van der Waals surface area contributed by atoms with Crippen LogP contribution in [0.4, 0.5) is 0 Å². The minimum absolute atomic E-state index is 0.179. The number of benzene rings is 1. The van der Waals surface area contributed by atoms with Crippen molar-refractivity contribution in [2.24, 2.45) is 0 Å². The molecule has 5 nitrogen and oxygen atoms in total. The molecule has 0 spiro atoms. The normalized spacial score (nSPS) is 11.5. The highest BCUT2D eigenvalue weighted by Crippen LogP contribution is 2.17. The number of hydrogen-bond donors (Lipinski definition) is 2. The van der Waals surface area contributed by atoms with Gasteiger partial charge in [0.15, 0.2) is 0 Å². The maximum absolute atomic E-state index is 12.4. The van der Waals surface area contributed by atoms with Crippen molar-refractivity contribution < 1.29 is 8.42 Å². The number of hydrogen-bond acceptors (Lipinski definition) is 4. The lowest BCUT2D eigenvalue weighted by Crippen LogP contribution is -2.24. The Morgan fingerprint density at radius 1 is 1.14 bits per heavy atom. The summed E-state index contributed by atoms with van der Waals surface area (Å²) in [5.41, 5.74) is 2.34. The van der Waals surface area contributed by atoms with Gasteiger partial charge in [0.05, 0.1) is 17.1 Å². The second-order valence-corrected chi connectivity index (χ2v) is 6.51. The highest BCUT2D eigenvalue weighted by Gasteiger charge is 2.17. The Bertz CT molecular complexity index is 700. The van der Waals surface area contributed by atoms with Crippen LogP contribution in [0.15, 0.2) is 47.5 Å². The first-order valence-electron chi connectivity index (χ1n) is 6.66. The number of nitrogens with one attached hydrogen (secondary N) is 2. The maximum Gasteiger partial charge on any atom is 0.241 e. The maximum atomic E-state index is 12.4. The molecule has 1 heterocycles. The lowest BCUT2D eigenvalue weighted by molar-refractivity contribution is 0.579.